The summed E-state index contributed by atoms with van der Waals surface area (Å²) in [6, 6.07) is 16.0. The number of benzene rings is 2. The van der Waals surface area contributed by atoms with Crippen LogP contribution in [0.3, 0.4) is 0 Å². The molecule has 1 aliphatic carbocycles. The second-order valence-electron chi connectivity index (χ2n) is 10.4. The predicted molar refractivity (Wildman–Crippen MR) is 154 cm³/mol. The van der Waals surface area contributed by atoms with Crippen LogP contribution in [0.25, 0.3) is 5.57 Å². The van der Waals surface area contributed by atoms with Crippen LogP contribution in [-0.4, -0.2) is 59.8 Å². The van der Waals surface area contributed by atoms with Gasteiger partial charge in [0.05, 0.1) is 12.7 Å². The zero-order valence-electron chi connectivity index (χ0n) is 23.0. The van der Waals surface area contributed by atoms with Crippen molar-refractivity contribution in [1.82, 2.24) is 14.0 Å². The molecule has 8 heteroatoms. The van der Waals surface area contributed by atoms with E-state index in [2.05, 4.69) is 46.2 Å². The summed E-state index contributed by atoms with van der Waals surface area (Å²) in [6.07, 6.45) is 6.03. The number of methoxy groups -OCH3 is 1. The number of carbonyl (C=O) groups excluding carboxylic acids is 1. The number of esters is 1. The minimum atomic E-state index is -0.322. The SMILES string of the molecule is COC(=O)c1ccc2c(c1)C(=CCCN1CCCN(c3cc(=O)n(C)c(=O)n3C)CC1)c1ccccc1CC2. The number of carbonyl (C=O) groups is 1. The molecule has 204 valence electrons. The molecule has 2 aliphatic rings. The smallest absolute Gasteiger partial charge is 0.337 e. The Kier molecular flexibility index (Phi) is 7.84. The van der Waals surface area contributed by atoms with Crippen molar-refractivity contribution in [1.29, 1.82) is 0 Å². The molecule has 0 bridgehead atoms. The van der Waals surface area contributed by atoms with Crippen molar-refractivity contribution in [2.75, 3.05) is 44.7 Å². The lowest BCUT2D eigenvalue weighted by molar-refractivity contribution is 0.0600. The van der Waals surface area contributed by atoms with Gasteiger partial charge in [-0.2, -0.15) is 0 Å². The Labute approximate surface area is 228 Å². The van der Waals surface area contributed by atoms with Gasteiger partial charge in [0.25, 0.3) is 5.56 Å². The third-order valence-electron chi connectivity index (χ3n) is 8.00. The molecule has 1 aromatic heterocycles. The first kappa shape index (κ1) is 26.7. The molecule has 1 aliphatic heterocycles. The fraction of sp³-hybridized carbons (Fsp3) is 0.387. The molecule has 0 radical (unpaired) electrons. The van der Waals surface area contributed by atoms with Crippen molar-refractivity contribution >= 4 is 17.4 Å². The molecular weight excluding hydrogens is 492 g/mol. The van der Waals surface area contributed by atoms with Gasteiger partial charge in [0.15, 0.2) is 0 Å². The predicted octanol–water partition coefficient (Wildman–Crippen LogP) is 3.00. The fourth-order valence-electron chi connectivity index (χ4n) is 5.77. The van der Waals surface area contributed by atoms with Crippen LogP contribution in [0.15, 0.2) is 64.2 Å². The lowest BCUT2D eigenvalue weighted by Crippen LogP contribution is -2.41. The number of aromatic nitrogens is 2. The van der Waals surface area contributed by atoms with Gasteiger partial charge in [0.1, 0.15) is 5.82 Å². The van der Waals surface area contributed by atoms with E-state index >= 15 is 0 Å². The van der Waals surface area contributed by atoms with Crippen LogP contribution in [0.4, 0.5) is 5.82 Å². The van der Waals surface area contributed by atoms with E-state index in [4.69, 9.17) is 4.74 Å². The molecule has 8 nitrogen and oxygen atoms in total. The van der Waals surface area contributed by atoms with Gasteiger partial charge in [-0.1, -0.05) is 36.4 Å². The van der Waals surface area contributed by atoms with E-state index in [1.54, 1.807) is 17.7 Å². The van der Waals surface area contributed by atoms with E-state index in [1.165, 1.54) is 36.4 Å². The number of hydrogen-bond donors (Lipinski definition) is 0. The van der Waals surface area contributed by atoms with Gasteiger partial charge >= 0.3 is 11.7 Å². The van der Waals surface area contributed by atoms with Gasteiger partial charge < -0.3 is 14.5 Å². The minimum Gasteiger partial charge on any atom is -0.465 e. The molecule has 0 atom stereocenters. The molecule has 1 saturated heterocycles. The summed E-state index contributed by atoms with van der Waals surface area (Å²) in [6.45, 7) is 4.27. The summed E-state index contributed by atoms with van der Waals surface area (Å²) in [5.41, 5.74) is 6.07. The third kappa shape index (κ3) is 5.47. The van der Waals surface area contributed by atoms with Crippen molar-refractivity contribution in [3.63, 3.8) is 0 Å². The van der Waals surface area contributed by atoms with Gasteiger partial charge in [-0.25, -0.2) is 9.59 Å². The second kappa shape index (κ2) is 11.5. The van der Waals surface area contributed by atoms with E-state index in [-0.39, 0.29) is 17.2 Å². The van der Waals surface area contributed by atoms with Crippen LogP contribution < -0.4 is 16.1 Å². The molecule has 0 saturated carbocycles. The van der Waals surface area contributed by atoms with E-state index in [1.807, 2.05) is 12.1 Å². The molecule has 5 rings (SSSR count). The standard InChI is InChI=1S/C31H36N4O4/c1-32-28(21-29(36)33(2)31(32)38)35-17-7-16-34(18-19-35)15-6-10-26-25-9-5-4-8-22(25)11-12-23-13-14-24(20-27(23)26)30(37)39-3/h4-5,8-10,13-14,20-21H,6-7,11-12,15-19H2,1-3H3. The highest BCUT2D eigenvalue weighted by Gasteiger charge is 2.21. The van der Waals surface area contributed by atoms with Crippen LogP contribution in [-0.2, 0) is 31.7 Å². The summed E-state index contributed by atoms with van der Waals surface area (Å²) < 4.78 is 7.69. The zero-order chi connectivity index (χ0) is 27.5. The lowest BCUT2D eigenvalue weighted by atomic mass is 9.92. The van der Waals surface area contributed by atoms with Gasteiger partial charge in [-0.3, -0.25) is 13.9 Å². The van der Waals surface area contributed by atoms with E-state index < -0.39 is 0 Å². The summed E-state index contributed by atoms with van der Waals surface area (Å²) in [5.74, 6) is 0.359. The van der Waals surface area contributed by atoms with Crippen molar-refractivity contribution in [2.24, 2.45) is 14.1 Å². The number of anilines is 1. The average Bonchev–Trinajstić information content (AvgIpc) is 3.28. The highest BCUT2D eigenvalue weighted by atomic mass is 16.5. The molecular formula is C31H36N4O4. The Morgan fingerprint density at radius 1 is 0.897 bits per heavy atom. The maximum Gasteiger partial charge on any atom is 0.337 e. The van der Waals surface area contributed by atoms with Crippen molar-refractivity contribution in [3.05, 3.63) is 103 Å². The maximum absolute atomic E-state index is 12.4. The third-order valence-corrected chi connectivity index (χ3v) is 8.00. The summed E-state index contributed by atoms with van der Waals surface area (Å²) in [7, 11) is 4.65. The summed E-state index contributed by atoms with van der Waals surface area (Å²) in [5, 5.41) is 0. The molecule has 0 unspecified atom stereocenters. The van der Waals surface area contributed by atoms with Crippen LogP contribution in [0.1, 0.15) is 45.5 Å². The van der Waals surface area contributed by atoms with Crippen LogP contribution in [0.5, 0.6) is 0 Å². The number of fused-ring (bicyclic) bond motifs is 2. The summed E-state index contributed by atoms with van der Waals surface area (Å²) >= 11 is 0. The van der Waals surface area contributed by atoms with Gasteiger partial charge in [-0.15, -0.1) is 0 Å². The van der Waals surface area contributed by atoms with Gasteiger partial charge in [0.2, 0.25) is 0 Å². The Hall–Kier alpha value is -3.91. The summed E-state index contributed by atoms with van der Waals surface area (Å²) in [4.78, 5) is 41.6. The number of ether oxygens (including phenoxy) is 1. The van der Waals surface area contributed by atoms with Crippen LogP contribution in [0, 0.1) is 0 Å². The minimum absolute atomic E-state index is 0.278. The largest absolute Gasteiger partial charge is 0.465 e. The number of rotatable bonds is 5. The lowest BCUT2D eigenvalue weighted by Gasteiger charge is -2.25. The first-order valence-corrected chi connectivity index (χ1v) is 13.6. The van der Waals surface area contributed by atoms with E-state index in [0.29, 0.717) is 11.4 Å². The molecule has 39 heavy (non-hydrogen) atoms. The first-order valence-electron chi connectivity index (χ1n) is 13.6. The molecule has 2 heterocycles. The number of nitrogens with zero attached hydrogens (tertiary/aromatic N) is 4. The van der Waals surface area contributed by atoms with Gasteiger partial charge in [-0.05, 0) is 72.2 Å². The highest BCUT2D eigenvalue weighted by Crippen LogP contribution is 2.34. The fourth-order valence-corrected chi connectivity index (χ4v) is 5.77. The highest BCUT2D eigenvalue weighted by molar-refractivity contribution is 5.92. The van der Waals surface area contributed by atoms with Crippen molar-refractivity contribution < 1.29 is 9.53 Å². The normalized spacial score (nSPS) is 16.8. The molecule has 2 aromatic carbocycles. The van der Waals surface area contributed by atoms with Crippen molar-refractivity contribution in [3.8, 4) is 0 Å². The first-order chi connectivity index (χ1) is 18.9. The number of hydrogen-bond acceptors (Lipinski definition) is 6. The number of aryl methyl sites for hydroxylation is 2. The Morgan fingerprint density at radius 3 is 2.46 bits per heavy atom. The monoisotopic (exact) mass is 528 g/mol. The Morgan fingerprint density at radius 2 is 1.67 bits per heavy atom. The Bertz CT molecular complexity index is 1530. The topological polar surface area (TPSA) is 76.8 Å². The van der Waals surface area contributed by atoms with Crippen LogP contribution in [0.2, 0.25) is 0 Å². The molecule has 3 aromatic rings. The molecule has 0 spiro atoms. The average molecular weight is 529 g/mol. The van der Waals surface area contributed by atoms with Crippen LogP contribution >= 0.6 is 0 Å². The van der Waals surface area contributed by atoms with E-state index in [9.17, 15) is 14.4 Å². The van der Waals surface area contributed by atoms with E-state index in [0.717, 1.165) is 68.5 Å². The molecule has 0 amide bonds. The van der Waals surface area contributed by atoms with Crippen molar-refractivity contribution in [2.45, 2.75) is 25.7 Å². The quantitative estimate of drug-likeness (QED) is 0.474. The maximum atomic E-state index is 12.4. The van der Waals surface area contributed by atoms with Gasteiger partial charge in [0, 0.05) is 46.3 Å². The Balaban J connectivity index is 1.35. The zero-order valence-corrected chi connectivity index (χ0v) is 23.0. The second-order valence-corrected chi connectivity index (χ2v) is 10.4. The molecule has 0 N–H and O–H groups in total. The molecule has 1 fully saturated rings.